The average molecular weight is 252 g/mol. The van der Waals surface area contributed by atoms with Crippen LogP contribution in [0.15, 0.2) is 30.3 Å². The lowest BCUT2D eigenvalue weighted by Crippen LogP contribution is -2.19. The molecule has 0 saturated carbocycles. The first kappa shape index (κ1) is 14.1. The van der Waals surface area contributed by atoms with Crippen LogP contribution in [-0.4, -0.2) is 18.3 Å². The summed E-state index contributed by atoms with van der Waals surface area (Å²) in [6.07, 6.45) is 3.08. The fraction of sp³-hybridized carbons (Fsp3) is 0.500. The van der Waals surface area contributed by atoms with E-state index < -0.39 is 0 Å². The molecule has 1 aromatic rings. The highest BCUT2D eigenvalue weighted by Crippen LogP contribution is 2.23. The SMILES string of the molecule is CCCCC(SCc1ccccc1)C(=O)OC. The molecule has 0 heterocycles. The number of unbranched alkanes of at least 4 members (excludes halogenated alkanes) is 1. The zero-order valence-corrected chi connectivity index (χ0v) is 11.3. The van der Waals surface area contributed by atoms with E-state index in [1.54, 1.807) is 11.8 Å². The lowest BCUT2D eigenvalue weighted by atomic mass is 10.2. The zero-order chi connectivity index (χ0) is 12.5. The highest BCUT2D eigenvalue weighted by atomic mass is 32.2. The molecule has 0 bridgehead atoms. The summed E-state index contributed by atoms with van der Waals surface area (Å²) in [5, 5.41) is -0.0276. The molecule has 0 saturated heterocycles. The molecule has 0 aliphatic heterocycles. The van der Waals surface area contributed by atoms with Crippen molar-refractivity contribution in [1.29, 1.82) is 0 Å². The number of carbonyl (C=O) groups excluding carboxylic acids is 1. The predicted octanol–water partition coefficient (Wildman–Crippen LogP) is 3.65. The second-order valence-electron chi connectivity index (χ2n) is 3.95. The van der Waals surface area contributed by atoms with Crippen molar-refractivity contribution in [3.63, 3.8) is 0 Å². The topological polar surface area (TPSA) is 26.3 Å². The Bertz CT molecular complexity index is 324. The van der Waals surface area contributed by atoms with Crippen molar-refractivity contribution in [1.82, 2.24) is 0 Å². The van der Waals surface area contributed by atoms with Crippen molar-refractivity contribution in [2.24, 2.45) is 0 Å². The Labute approximate surface area is 108 Å². The third-order valence-electron chi connectivity index (χ3n) is 2.58. The minimum Gasteiger partial charge on any atom is -0.468 e. The summed E-state index contributed by atoms with van der Waals surface area (Å²) in [6, 6.07) is 10.2. The Morgan fingerprint density at radius 1 is 1.35 bits per heavy atom. The minimum atomic E-state index is -0.0978. The molecule has 3 heteroatoms. The summed E-state index contributed by atoms with van der Waals surface area (Å²) in [5.41, 5.74) is 1.25. The molecule has 0 aliphatic rings. The number of esters is 1. The van der Waals surface area contributed by atoms with Gasteiger partial charge in [0.2, 0.25) is 0 Å². The predicted molar refractivity (Wildman–Crippen MR) is 73.1 cm³/mol. The van der Waals surface area contributed by atoms with E-state index in [0.717, 1.165) is 25.0 Å². The molecule has 1 aromatic carbocycles. The van der Waals surface area contributed by atoms with Crippen LogP contribution in [0.4, 0.5) is 0 Å². The van der Waals surface area contributed by atoms with Gasteiger partial charge in [-0.05, 0) is 12.0 Å². The Morgan fingerprint density at radius 2 is 2.06 bits per heavy atom. The molecule has 0 spiro atoms. The Balaban J connectivity index is 2.46. The van der Waals surface area contributed by atoms with Gasteiger partial charge in [0.15, 0.2) is 0 Å². The molecule has 0 aromatic heterocycles. The lowest BCUT2D eigenvalue weighted by Gasteiger charge is -2.13. The van der Waals surface area contributed by atoms with E-state index in [4.69, 9.17) is 4.74 Å². The smallest absolute Gasteiger partial charge is 0.318 e. The maximum Gasteiger partial charge on any atom is 0.318 e. The van der Waals surface area contributed by atoms with E-state index in [1.165, 1.54) is 12.7 Å². The Hall–Kier alpha value is -0.960. The highest BCUT2D eigenvalue weighted by molar-refractivity contribution is 7.99. The summed E-state index contributed by atoms with van der Waals surface area (Å²) >= 11 is 1.67. The quantitative estimate of drug-likeness (QED) is 0.693. The second-order valence-corrected chi connectivity index (χ2v) is 5.14. The van der Waals surface area contributed by atoms with Crippen molar-refractivity contribution in [3.8, 4) is 0 Å². The van der Waals surface area contributed by atoms with Crippen LogP contribution < -0.4 is 0 Å². The van der Waals surface area contributed by atoms with Gasteiger partial charge in [0, 0.05) is 5.75 Å². The van der Waals surface area contributed by atoms with Crippen LogP contribution in [0, 0.1) is 0 Å². The van der Waals surface area contributed by atoms with Crippen molar-refractivity contribution in [3.05, 3.63) is 35.9 Å². The number of thioether (sulfide) groups is 1. The van der Waals surface area contributed by atoms with Gasteiger partial charge >= 0.3 is 5.97 Å². The standard InChI is InChI=1S/C14H20O2S/c1-3-4-10-13(14(15)16-2)17-11-12-8-6-5-7-9-12/h5-9,13H,3-4,10-11H2,1-2H3. The average Bonchev–Trinajstić information content (AvgIpc) is 2.39. The zero-order valence-electron chi connectivity index (χ0n) is 10.5. The maximum atomic E-state index is 11.6. The summed E-state index contributed by atoms with van der Waals surface area (Å²) < 4.78 is 4.84. The van der Waals surface area contributed by atoms with Gasteiger partial charge in [-0.2, -0.15) is 0 Å². The van der Waals surface area contributed by atoms with Crippen molar-refractivity contribution in [2.75, 3.05) is 7.11 Å². The number of rotatable bonds is 7. The van der Waals surface area contributed by atoms with Gasteiger partial charge in [-0.25, -0.2) is 0 Å². The first-order valence-corrected chi connectivity index (χ1v) is 7.06. The van der Waals surface area contributed by atoms with E-state index in [9.17, 15) is 4.79 Å². The lowest BCUT2D eigenvalue weighted by molar-refractivity contribution is -0.140. The van der Waals surface area contributed by atoms with Gasteiger partial charge in [0.05, 0.1) is 7.11 Å². The molecule has 1 unspecified atom stereocenters. The summed E-state index contributed by atoms with van der Waals surface area (Å²) in [5.74, 6) is 0.768. The molecule has 0 fully saturated rings. The van der Waals surface area contributed by atoms with Crippen LogP contribution in [-0.2, 0) is 15.3 Å². The van der Waals surface area contributed by atoms with Crippen LogP contribution in [0.2, 0.25) is 0 Å². The number of hydrogen-bond donors (Lipinski definition) is 0. The van der Waals surface area contributed by atoms with Crippen molar-refractivity contribution >= 4 is 17.7 Å². The molecule has 1 rings (SSSR count). The first-order valence-electron chi connectivity index (χ1n) is 6.01. The number of ether oxygens (including phenoxy) is 1. The monoisotopic (exact) mass is 252 g/mol. The van der Waals surface area contributed by atoms with Crippen LogP contribution in [0.1, 0.15) is 31.7 Å². The fourth-order valence-corrected chi connectivity index (χ4v) is 2.71. The molecule has 0 radical (unpaired) electrons. The summed E-state index contributed by atoms with van der Waals surface area (Å²) in [6.45, 7) is 2.14. The van der Waals surface area contributed by atoms with Crippen molar-refractivity contribution in [2.45, 2.75) is 37.2 Å². The molecule has 94 valence electrons. The van der Waals surface area contributed by atoms with E-state index in [-0.39, 0.29) is 11.2 Å². The number of benzene rings is 1. The first-order chi connectivity index (χ1) is 8.27. The molecular weight excluding hydrogens is 232 g/mol. The normalized spacial score (nSPS) is 12.1. The second kappa shape index (κ2) is 8.18. The summed E-state index contributed by atoms with van der Waals surface area (Å²) in [4.78, 5) is 11.6. The maximum absolute atomic E-state index is 11.6. The van der Waals surface area contributed by atoms with Gasteiger partial charge in [-0.1, -0.05) is 50.1 Å². The molecule has 17 heavy (non-hydrogen) atoms. The van der Waals surface area contributed by atoms with E-state index in [2.05, 4.69) is 19.1 Å². The highest BCUT2D eigenvalue weighted by Gasteiger charge is 2.18. The van der Waals surface area contributed by atoms with Crippen LogP contribution in [0.5, 0.6) is 0 Å². The van der Waals surface area contributed by atoms with Gasteiger partial charge in [-0.3, -0.25) is 4.79 Å². The van der Waals surface area contributed by atoms with Gasteiger partial charge in [0.1, 0.15) is 5.25 Å². The molecule has 0 amide bonds. The van der Waals surface area contributed by atoms with Gasteiger partial charge in [0.25, 0.3) is 0 Å². The van der Waals surface area contributed by atoms with Gasteiger partial charge < -0.3 is 4.74 Å². The number of carbonyl (C=O) groups is 1. The molecule has 2 nitrogen and oxygen atoms in total. The fourth-order valence-electron chi connectivity index (χ4n) is 1.56. The van der Waals surface area contributed by atoms with E-state index >= 15 is 0 Å². The van der Waals surface area contributed by atoms with E-state index in [1.807, 2.05) is 18.2 Å². The largest absolute Gasteiger partial charge is 0.468 e. The minimum absolute atomic E-state index is 0.0276. The van der Waals surface area contributed by atoms with Crippen molar-refractivity contribution < 1.29 is 9.53 Å². The van der Waals surface area contributed by atoms with Crippen LogP contribution in [0.25, 0.3) is 0 Å². The summed E-state index contributed by atoms with van der Waals surface area (Å²) in [7, 11) is 1.46. The third-order valence-corrected chi connectivity index (χ3v) is 3.91. The number of hydrogen-bond acceptors (Lipinski definition) is 3. The van der Waals surface area contributed by atoms with Crippen LogP contribution >= 0.6 is 11.8 Å². The third kappa shape index (κ3) is 5.26. The van der Waals surface area contributed by atoms with Gasteiger partial charge in [-0.15, -0.1) is 11.8 Å². The molecule has 0 N–H and O–H groups in total. The molecule has 0 aliphatic carbocycles. The van der Waals surface area contributed by atoms with E-state index in [0.29, 0.717) is 0 Å². The van der Waals surface area contributed by atoms with Crippen LogP contribution in [0.3, 0.4) is 0 Å². The molecule has 1 atom stereocenters. The Kier molecular flexibility index (Phi) is 6.78. The molecular formula is C14H20O2S. The Morgan fingerprint density at radius 3 is 2.65 bits per heavy atom. The number of methoxy groups -OCH3 is 1.